The van der Waals surface area contributed by atoms with Gasteiger partial charge in [0.1, 0.15) is 23.6 Å². The van der Waals surface area contributed by atoms with Crippen LogP contribution in [0, 0.1) is 0 Å². The predicted molar refractivity (Wildman–Crippen MR) is 177 cm³/mol. The summed E-state index contributed by atoms with van der Waals surface area (Å²) in [5, 5.41) is 2.73. The highest BCUT2D eigenvalue weighted by atomic mass is 16.7. The molecule has 2 atom stereocenters. The van der Waals surface area contributed by atoms with Gasteiger partial charge in [0.15, 0.2) is 6.23 Å². The van der Waals surface area contributed by atoms with E-state index >= 15 is 0 Å². The smallest absolute Gasteiger partial charge is 0.408 e. The SMILES string of the molecule is CCC(OC(=O)[C@](C)(Cc1cc2c(-c3ccccc3)c(-c3ccccc3)c1OCO2)NC(=O)OCc1ccccc1)N1C(=O)CCC1=O. The van der Waals surface area contributed by atoms with Gasteiger partial charge in [-0.25, -0.2) is 14.5 Å². The third-order valence-electron chi connectivity index (χ3n) is 8.42. The molecule has 0 radical (unpaired) electrons. The van der Waals surface area contributed by atoms with Gasteiger partial charge in [-0.1, -0.05) is 97.9 Å². The number of rotatable bonds is 11. The number of likely N-dealkylation sites (tertiary alicyclic amines) is 1. The zero-order valence-electron chi connectivity index (χ0n) is 26.8. The standard InChI is InChI=1S/C38H36N2O8/c1-3-32(40-30(41)19-20-31(40)42)48-36(43)38(2,39-37(44)45-23-25-13-7-4-8-14-25)22-28-21-29-33(26-15-9-5-10-16-26)34(35(28)47-24-46-29)27-17-11-6-12-18-27/h4-18,21,32H,3,19-20,22-24H2,1-2H3,(H,39,44)/t32?,38-/m0/s1. The molecule has 10 nitrogen and oxygen atoms in total. The highest BCUT2D eigenvalue weighted by Crippen LogP contribution is 2.49. The maximum Gasteiger partial charge on any atom is 0.408 e. The Morgan fingerprint density at radius 2 is 1.44 bits per heavy atom. The number of ether oxygens (including phenoxy) is 4. The van der Waals surface area contributed by atoms with E-state index in [1.165, 1.54) is 6.92 Å². The Hall–Kier alpha value is -5.64. The second kappa shape index (κ2) is 14.0. The third kappa shape index (κ3) is 6.73. The molecular formula is C38H36N2O8. The van der Waals surface area contributed by atoms with Crippen molar-refractivity contribution in [2.75, 3.05) is 6.79 Å². The minimum absolute atomic E-state index is 0.0254. The number of fused-ring (bicyclic) bond motifs is 4. The molecule has 246 valence electrons. The van der Waals surface area contributed by atoms with Crippen LogP contribution in [0.15, 0.2) is 97.1 Å². The highest BCUT2D eigenvalue weighted by molar-refractivity contribution is 6.02. The zero-order valence-corrected chi connectivity index (χ0v) is 26.8. The van der Waals surface area contributed by atoms with Crippen molar-refractivity contribution in [2.24, 2.45) is 0 Å². The van der Waals surface area contributed by atoms with Crippen molar-refractivity contribution >= 4 is 23.9 Å². The summed E-state index contributed by atoms with van der Waals surface area (Å²) in [6.07, 6.45) is -1.80. The van der Waals surface area contributed by atoms with Crippen LogP contribution < -0.4 is 14.8 Å². The Kier molecular flexibility index (Phi) is 9.43. The molecule has 1 N–H and O–H groups in total. The molecule has 1 saturated heterocycles. The normalized spacial score (nSPS) is 15.5. The van der Waals surface area contributed by atoms with Gasteiger partial charge in [-0.3, -0.25) is 9.59 Å². The molecule has 48 heavy (non-hydrogen) atoms. The molecule has 0 aliphatic carbocycles. The van der Waals surface area contributed by atoms with Crippen LogP contribution in [-0.4, -0.2) is 47.3 Å². The Balaban J connectivity index is 1.39. The van der Waals surface area contributed by atoms with E-state index in [1.54, 1.807) is 6.92 Å². The molecule has 1 fully saturated rings. The fourth-order valence-corrected chi connectivity index (χ4v) is 6.05. The fourth-order valence-electron chi connectivity index (χ4n) is 6.05. The van der Waals surface area contributed by atoms with Crippen molar-refractivity contribution in [1.29, 1.82) is 0 Å². The molecular weight excluding hydrogens is 612 g/mol. The van der Waals surface area contributed by atoms with Gasteiger partial charge in [-0.2, -0.15) is 0 Å². The van der Waals surface area contributed by atoms with Crippen molar-refractivity contribution < 1.29 is 38.1 Å². The number of hydrogen-bond acceptors (Lipinski definition) is 8. The Bertz CT molecular complexity index is 1800. The minimum Gasteiger partial charge on any atom is -0.457 e. The average molecular weight is 649 g/mol. The molecule has 0 spiro atoms. The maximum absolute atomic E-state index is 14.1. The molecule has 2 bridgehead atoms. The minimum atomic E-state index is -1.73. The van der Waals surface area contributed by atoms with Crippen molar-refractivity contribution in [3.63, 3.8) is 0 Å². The third-order valence-corrected chi connectivity index (χ3v) is 8.42. The summed E-state index contributed by atoms with van der Waals surface area (Å²) in [4.78, 5) is 53.5. The fraction of sp³-hybridized carbons (Fsp3) is 0.263. The van der Waals surface area contributed by atoms with E-state index in [9.17, 15) is 19.2 Å². The summed E-state index contributed by atoms with van der Waals surface area (Å²) in [5.74, 6) is -0.650. The van der Waals surface area contributed by atoms with E-state index in [2.05, 4.69) is 5.32 Å². The number of nitrogens with zero attached hydrogens (tertiary/aromatic N) is 1. The van der Waals surface area contributed by atoms with Crippen molar-refractivity contribution in [3.05, 3.63) is 108 Å². The molecule has 3 heterocycles. The van der Waals surface area contributed by atoms with Gasteiger partial charge in [0.25, 0.3) is 0 Å². The Morgan fingerprint density at radius 3 is 2.04 bits per heavy atom. The van der Waals surface area contributed by atoms with E-state index in [4.69, 9.17) is 18.9 Å². The maximum atomic E-state index is 14.1. The first-order chi connectivity index (χ1) is 23.3. The van der Waals surface area contributed by atoms with Gasteiger partial charge in [-0.15, -0.1) is 0 Å². The number of alkyl carbamates (subject to hydrolysis) is 1. The Morgan fingerprint density at radius 1 is 0.854 bits per heavy atom. The number of hydrogen-bond donors (Lipinski definition) is 1. The first-order valence-corrected chi connectivity index (χ1v) is 15.9. The van der Waals surface area contributed by atoms with Gasteiger partial charge >= 0.3 is 12.1 Å². The lowest BCUT2D eigenvalue weighted by Gasteiger charge is -2.33. The zero-order chi connectivity index (χ0) is 33.7. The second-order valence-corrected chi connectivity index (χ2v) is 11.9. The quantitative estimate of drug-likeness (QED) is 0.146. The van der Waals surface area contributed by atoms with E-state index in [0.717, 1.165) is 32.7 Å². The number of nitrogens with one attached hydrogen (secondary N) is 1. The van der Waals surface area contributed by atoms with Crippen LogP contribution in [0.3, 0.4) is 0 Å². The van der Waals surface area contributed by atoms with E-state index in [-0.39, 0.29) is 39.1 Å². The van der Waals surface area contributed by atoms with Crippen LogP contribution >= 0.6 is 0 Å². The molecule has 3 amide bonds. The lowest BCUT2D eigenvalue weighted by molar-refractivity contribution is -0.172. The Labute approximate surface area is 278 Å². The van der Waals surface area contributed by atoms with Gasteiger partial charge in [0.2, 0.25) is 18.6 Å². The second-order valence-electron chi connectivity index (χ2n) is 11.9. The summed E-state index contributed by atoms with van der Waals surface area (Å²) < 4.78 is 23.7. The number of imide groups is 1. The van der Waals surface area contributed by atoms with E-state index in [0.29, 0.717) is 17.1 Å². The number of amides is 3. The molecule has 3 aliphatic rings. The van der Waals surface area contributed by atoms with E-state index < -0.39 is 35.6 Å². The average Bonchev–Trinajstić information content (AvgIpc) is 3.24. The van der Waals surface area contributed by atoms with Gasteiger partial charge in [0.05, 0.1) is 0 Å². The predicted octanol–water partition coefficient (Wildman–Crippen LogP) is 6.41. The van der Waals surface area contributed by atoms with Crippen molar-refractivity contribution in [1.82, 2.24) is 10.2 Å². The van der Waals surface area contributed by atoms with Crippen LogP contribution in [0.25, 0.3) is 22.3 Å². The molecule has 4 aromatic carbocycles. The molecule has 3 aliphatic heterocycles. The summed E-state index contributed by atoms with van der Waals surface area (Å²) in [6.45, 7) is 3.14. The van der Waals surface area contributed by atoms with Gasteiger partial charge < -0.3 is 24.3 Å². The van der Waals surface area contributed by atoms with E-state index in [1.807, 2.05) is 97.1 Å². The molecule has 1 unspecified atom stereocenters. The summed E-state index contributed by atoms with van der Waals surface area (Å²) in [5.41, 5.74) is 3.00. The number of benzene rings is 4. The first kappa shape index (κ1) is 32.3. The van der Waals surface area contributed by atoms with Gasteiger partial charge in [-0.05, 0) is 29.7 Å². The van der Waals surface area contributed by atoms with Crippen LogP contribution in [-0.2, 0) is 36.9 Å². The summed E-state index contributed by atoms with van der Waals surface area (Å²) >= 11 is 0. The lowest BCUT2D eigenvalue weighted by Crippen LogP contribution is -2.56. The molecule has 7 rings (SSSR count). The molecule has 0 saturated carbocycles. The monoisotopic (exact) mass is 648 g/mol. The van der Waals surface area contributed by atoms with Crippen molar-refractivity contribution in [2.45, 2.75) is 57.9 Å². The highest BCUT2D eigenvalue weighted by Gasteiger charge is 2.43. The largest absolute Gasteiger partial charge is 0.457 e. The van der Waals surface area contributed by atoms with Crippen LogP contribution in [0.2, 0.25) is 0 Å². The van der Waals surface area contributed by atoms with Crippen LogP contribution in [0.4, 0.5) is 4.79 Å². The van der Waals surface area contributed by atoms with Crippen LogP contribution in [0.1, 0.15) is 44.2 Å². The topological polar surface area (TPSA) is 120 Å². The molecule has 0 aromatic heterocycles. The van der Waals surface area contributed by atoms with Gasteiger partial charge in [0, 0.05) is 42.4 Å². The number of esters is 1. The van der Waals surface area contributed by atoms with Crippen molar-refractivity contribution in [3.8, 4) is 33.8 Å². The summed E-state index contributed by atoms with van der Waals surface area (Å²) in [7, 11) is 0. The summed E-state index contributed by atoms with van der Waals surface area (Å²) in [6, 6.07) is 30.5. The number of carbonyl (C=O) groups excluding carboxylic acids is 4. The van der Waals surface area contributed by atoms with Crippen LogP contribution in [0.5, 0.6) is 11.5 Å². The first-order valence-electron chi connectivity index (χ1n) is 15.9. The molecule has 4 aromatic rings. The molecule has 10 heteroatoms. The number of carbonyl (C=O) groups is 4. The lowest BCUT2D eigenvalue weighted by atomic mass is 9.86.